The Labute approximate surface area is 108 Å². The van der Waals surface area contributed by atoms with Crippen LogP contribution in [0.5, 0.6) is 0 Å². The number of nitrogens with two attached hydrogens (primary N) is 1. The van der Waals surface area contributed by atoms with E-state index in [1.165, 1.54) is 0 Å². The monoisotopic (exact) mass is 247 g/mol. The predicted molar refractivity (Wildman–Crippen MR) is 73.0 cm³/mol. The molecule has 5 nitrogen and oxygen atoms in total. The molecular formula is C13H21N5. The zero-order chi connectivity index (χ0) is 13.1. The van der Waals surface area contributed by atoms with Crippen molar-refractivity contribution in [2.24, 2.45) is 11.7 Å². The minimum Gasteiger partial charge on any atom is -0.387 e. The van der Waals surface area contributed by atoms with Crippen LogP contribution in [-0.4, -0.2) is 28.9 Å². The zero-order valence-corrected chi connectivity index (χ0v) is 11.1. The van der Waals surface area contributed by atoms with E-state index in [0.717, 1.165) is 49.7 Å². The van der Waals surface area contributed by atoms with Gasteiger partial charge in [-0.2, -0.15) is 0 Å². The van der Waals surface area contributed by atoms with Crippen LogP contribution in [-0.2, 0) is 6.42 Å². The van der Waals surface area contributed by atoms with Crippen LogP contribution in [0.4, 0.5) is 5.82 Å². The van der Waals surface area contributed by atoms with E-state index in [1.54, 1.807) is 0 Å². The van der Waals surface area contributed by atoms with E-state index in [-0.39, 0.29) is 5.92 Å². The average molecular weight is 247 g/mol. The number of nitrogens with zero attached hydrogens (tertiary/aromatic N) is 3. The first-order valence-corrected chi connectivity index (χ1v) is 6.53. The molecule has 1 saturated heterocycles. The molecule has 0 amide bonds. The molecule has 0 aliphatic carbocycles. The predicted octanol–water partition coefficient (Wildman–Crippen LogP) is 1.50. The van der Waals surface area contributed by atoms with Gasteiger partial charge in [-0.3, -0.25) is 5.41 Å². The summed E-state index contributed by atoms with van der Waals surface area (Å²) in [6, 6.07) is 2.02. The lowest BCUT2D eigenvalue weighted by atomic mass is 9.97. The van der Waals surface area contributed by atoms with Crippen molar-refractivity contribution >= 4 is 11.7 Å². The molecule has 0 spiro atoms. The Morgan fingerprint density at radius 3 is 3.00 bits per heavy atom. The van der Waals surface area contributed by atoms with Crippen molar-refractivity contribution < 1.29 is 0 Å². The standard InChI is InChI=1S/C13H21N5/c1-3-11-16-9(2)7-12(17-11)18-6-4-5-10(8-18)13(14)15/h7,10H,3-6,8H2,1-2H3,(H3,14,15). The van der Waals surface area contributed by atoms with Crippen LogP contribution in [0.1, 0.15) is 31.3 Å². The molecule has 5 heteroatoms. The fourth-order valence-electron chi connectivity index (χ4n) is 2.37. The van der Waals surface area contributed by atoms with Gasteiger partial charge in [-0.05, 0) is 19.8 Å². The summed E-state index contributed by atoms with van der Waals surface area (Å²) in [4.78, 5) is 11.2. The number of hydrogen-bond acceptors (Lipinski definition) is 4. The van der Waals surface area contributed by atoms with Gasteiger partial charge in [-0.1, -0.05) is 6.92 Å². The van der Waals surface area contributed by atoms with Crippen LogP contribution in [0.2, 0.25) is 0 Å². The van der Waals surface area contributed by atoms with E-state index >= 15 is 0 Å². The maximum Gasteiger partial charge on any atom is 0.132 e. The molecule has 1 atom stereocenters. The maximum atomic E-state index is 7.58. The molecule has 98 valence electrons. The molecule has 3 N–H and O–H groups in total. The molecule has 1 aromatic rings. The largest absolute Gasteiger partial charge is 0.387 e. The molecule has 0 radical (unpaired) electrons. The molecule has 1 aromatic heterocycles. The Balaban J connectivity index is 2.20. The number of anilines is 1. The normalized spacial score (nSPS) is 19.9. The van der Waals surface area contributed by atoms with Gasteiger partial charge in [0.05, 0.1) is 5.84 Å². The van der Waals surface area contributed by atoms with Gasteiger partial charge in [-0.15, -0.1) is 0 Å². The highest BCUT2D eigenvalue weighted by Gasteiger charge is 2.23. The summed E-state index contributed by atoms with van der Waals surface area (Å²) in [5.41, 5.74) is 6.62. The fraction of sp³-hybridized carbons (Fsp3) is 0.615. The highest BCUT2D eigenvalue weighted by Crippen LogP contribution is 2.22. The average Bonchev–Trinajstić information content (AvgIpc) is 2.38. The first-order chi connectivity index (χ1) is 8.60. The molecule has 0 bridgehead atoms. The van der Waals surface area contributed by atoms with Crippen LogP contribution in [0, 0.1) is 18.3 Å². The molecule has 1 fully saturated rings. The summed E-state index contributed by atoms with van der Waals surface area (Å²) in [5, 5.41) is 7.58. The van der Waals surface area contributed by atoms with Gasteiger partial charge in [0.1, 0.15) is 11.6 Å². The number of hydrogen-bond donors (Lipinski definition) is 2. The van der Waals surface area contributed by atoms with Gasteiger partial charge in [0.15, 0.2) is 0 Å². The van der Waals surface area contributed by atoms with Crippen molar-refractivity contribution in [3.8, 4) is 0 Å². The van der Waals surface area contributed by atoms with Crippen LogP contribution >= 0.6 is 0 Å². The Morgan fingerprint density at radius 2 is 2.33 bits per heavy atom. The molecule has 0 aromatic carbocycles. The number of nitrogens with one attached hydrogen (secondary N) is 1. The molecular weight excluding hydrogens is 226 g/mol. The van der Waals surface area contributed by atoms with Crippen molar-refractivity contribution in [2.75, 3.05) is 18.0 Å². The van der Waals surface area contributed by atoms with E-state index in [0.29, 0.717) is 5.84 Å². The van der Waals surface area contributed by atoms with Gasteiger partial charge in [0.2, 0.25) is 0 Å². The second kappa shape index (κ2) is 5.33. The lowest BCUT2D eigenvalue weighted by molar-refractivity contribution is 0.499. The molecule has 18 heavy (non-hydrogen) atoms. The summed E-state index contributed by atoms with van der Waals surface area (Å²) in [6.07, 6.45) is 2.92. The molecule has 2 heterocycles. The smallest absolute Gasteiger partial charge is 0.132 e. The topological polar surface area (TPSA) is 78.9 Å². The van der Waals surface area contributed by atoms with E-state index in [2.05, 4.69) is 21.8 Å². The zero-order valence-electron chi connectivity index (χ0n) is 11.1. The third kappa shape index (κ3) is 2.78. The van der Waals surface area contributed by atoms with Gasteiger partial charge in [0.25, 0.3) is 0 Å². The Hall–Kier alpha value is -1.65. The van der Waals surface area contributed by atoms with Crippen LogP contribution < -0.4 is 10.6 Å². The van der Waals surface area contributed by atoms with Crippen LogP contribution in [0.15, 0.2) is 6.07 Å². The molecule has 1 aliphatic rings. The fourth-order valence-corrected chi connectivity index (χ4v) is 2.37. The van der Waals surface area contributed by atoms with Gasteiger partial charge in [-0.25, -0.2) is 9.97 Å². The molecule has 1 aliphatic heterocycles. The van der Waals surface area contributed by atoms with E-state index in [4.69, 9.17) is 11.1 Å². The summed E-state index contributed by atoms with van der Waals surface area (Å²) in [6.45, 7) is 5.85. The summed E-state index contributed by atoms with van der Waals surface area (Å²) >= 11 is 0. The van der Waals surface area contributed by atoms with Gasteiger partial charge in [0, 0.05) is 37.2 Å². The van der Waals surface area contributed by atoms with Crippen LogP contribution in [0.25, 0.3) is 0 Å². The first kappa shape index (κ1) is 12.8. The Kier molecular flexibility index (Phi) is 3.79. The van der Waals surface area contributed by atoms with Crippen molar-refractivity contribution in [3.63, 3.8) is 0 Å². The molecule has 2 rings (SSSR count). The SMILES string of the molecule is CCc1nc(C)cc(N2CCCC(C(=N)N)C2)n1. The second-order valence-electron chi connectivity index (χ2n) is 4.88. The quantitative estimate of drug-likeness (QED) is 0.626. The number of aryl methyl sites for hydroxylation is 2. The lowest BCUT2D eigenvalue weighted by Gasteiger charge is -2.33. The minimum absolute atomic E-state index is 0.166. The highest BCUT2D eigenvalue weighted by atomic mass is 15.2. The third-order valence-electron chi connectivity index (χ3n) is 3.39. The number of aromatic nitrogens is 2. The van der Waals surface area contributed by atoms with Crippen molar-refractivity contribution in [3.05, 3.63) is 17.6 Å². The Morgan fingerprint density at radius 1 is 1.56 bits per heavy atom. The van der Waals surface area contributed by atoms with E-state index in [9.17, 15) is 0 Å². The summed E-state index contributed by atoms with van der Waals surface area (Å²) in [7, 11) is 0. The first-order valence-electron chi connectivity index (χ1n) is 6.53. The van der Waals surface area contributed by atoms with Crippen molar-refractivity contribution in [1.82, 2.24) is 9.97 Å². The molecule has 0 saturated carbocycles. The summed E-state index contributed by atoms with van der Waals surface area (Å²) < 4.78 is 0. The van der Waals surface area contributed by atoms with Crippen molar-refractivity contribution in [2.45, 2.75) is 33.1 Å². The van der Waals surface area contributed by atoms with Gasteiger partial charge >= 0.3 is 0 Å². The highest BCUT2D eigenvalue weighted by molar-refractivity contribution is 5.80. The Bertz CT molecular complexity index is 443. The number of piperidine rings is 1. The second-order valence-corrected chi connectivity index (χ2v) is 4.88. The number of amidine groups is 1. The van der Waals surface area contributed by atoms with Crippen molar-refractivity contribution in [1.29, 1.82) is 5.41 Å². The summed E-state index contributed by atoms with van der Waals surface area (Å²) in [5.74, 6) is 2.32. The number of rotatable bonds is 3. The third-order valence-corrected chi connectivity index (χ3v) is 3.39. The lowest BCUT2D eigenvalue weighted by Crippen LogP contribution is -2.41. The maximum absolute atomic E-state index is 7.58. The molecule has 1 unspecified atom stereocenters. The van der Waals surface area contributed by atoms with E-state index < -0.39 is 0 Å². The van der Waals surface area contributed by atoms with E-state index in [1.807, 2.05) is 13.0 Å². The minimum atomic E-state index is 0.166. The van der Waals surface area contributed by atoms with Crippen LogP contribution in [0.3, 0.4) is 0 Å². The van der Waals surface area contributed by atoms with Gasteiger partial charge < -0.3 is 10.6 Å².